The van der Waals surface area contributed by atoms with E-state index in [-0.39, 0.29) is 12.5 Å². The Hall–Kier alpha value is -0.220. The summed E-state index contributed by atoms with van der Waals surface area (Å²) in [4.78, 5) is 0. The van der Waals surface area contributed by atoms with Crippen LogP contribution in [0.15, 0.2) is 0 Å². The molecule has 0 spiro atoms. The molecule has 23 heavy (non-hydrogen) atoms. The van der Waals surface area contributed by atoms with Gasteiger partial charge in [0.25, 0.3) is 0 Å². The summed E-state index contributed by atoms with van der Waals surface area (Å²) in [5.74, 6) is 2.94. The van der Waals surface area contributed by atoms with Crippen LogP contribution in [0.4, 0.5) is 8.78 Å². The fourth-order valence-corrected chi connectivity index (χ4v) is 5.09. The normalized spacial score (nSPS) is 41.1. The number of halogens is 2. The summed E-state index contributed by atoms with van der Waals surface area (Å²) < 4.78 is 35.2. The number of hydrogen-bond acceptors (Lipinski definition) is 2. The Labute approximate surface area is 139 Å². The molecule has 0 bridgehead atoms. The Morgan fingerprint density at radius 3 is 1.96 bits per heavy atom. The second-order valence-corrected chi connectivity index (χ2v) is 8.03. The van der Waals surface area contributed by atoms with E-state index in [1.165, 1.54) is 57.8 Å². The van der Waals surface area contributed by atoms with Gasteiger partial charge in [0.15, 0.2) is 0 Å². The van der Waals surface area contributed by atoms with E-state index in [9.17, 15) is 8.78 Å². The molecule has 0 aromatic heterocycles. The first-order valence-corrected chi connectivity index (χ1v) is 9.77. The molecule has 0 aromatic rings. The van der Waals surface area contributed by atoms with Crippen molar-refractivity contribution in [3.8, 4) is 0 Å². The fraction of sp³-hybridized carbons (Fsp3) is 1.00. The average molecular weight is 330 g/mol. The standard InChI is InChI=1S/C19H32F2O2/c1-2-3-4-14-5-7-15(8-6-14)16-9-11-17(12-10-16)18-13-22-19(20,21)23-18/h14-18H,2-13H2,1H3. The molecule has 3 rings (SSSR count). The van der Waals surface area contributed by atoms with Gasteiger partial charge in [-0.15, -0.1) is 8.78 Å². The van der Waals surface area contributed by atoms with Gasteiger partial charge in [0, 0.05) is 0 Å². The van der Waals surface area contributed by atoms with Crippen LogP contribution in [0.3, 0.4) is 0 Å². The maximum atomic E-state index is 13.0. The van der Waals surface area contributed by atoms with Gasteiger partial charge in [-0.3, -0.25) is 9.47 Å². The van der Waals surface area contributed by atoms with Gasteiger partial charge < -0.3 is 0 Å². The largest absolute Gasteiger partial charge is 0.485 e. The first kappa shape index (κ1) is 17.6. The Balaban J connectivity index is 1.38. The van der Waals surface area contributed by atoms with Crippen molar-refractivity contribution in [3.05, 3.63) is 0 Å². The van der Waals surface area contributed by atoms with Crippen LogP contribution in [-0.2, 0) is 9.47 Å². The molecule has 4 heteroatoms. The summed E-state index contributed by atoms with van der Waals surface area (Å²) >= 11 is 0. The van der Waals surface area contributed by atoms with E-state index in [1.807, 2.05) is 0 Å². The van der Waals surface area contributed by atoms with E-state index < -0.39 is 12.4 Å². The summed E-state index contributed by atoms with van der Waals surface area (Å²) in [6.07, 6.45) is 10.4. The number of ether oxygens (including phenoxy) is 2. The van der Waals surface area contributed by atoms with Crippen molar-refractivity contribution in [1.82, 2.24) is 0 Å². The zero-order valence-corrected chi connectivity index (χ0v) is 14.4. The van der Waals surface area contributed by atoms with Crippen LogP contribution in [0, 0.1) is 23.7 Å². The van der Waals surface area contributed by atoms with Crippen molar-refractivity contribution in [3.63, 3.8) is 0 Å². The fourth-order valence-electron chi connectivity index (χ4n) is 5.09. The maximum Gasteiger partial charge on any atom is 0.485 e. The molecule has 0 amide bonds. The molecule has 2 nitrogen and oxygen atoms in total. The lowest BCUT2D eigenvalue weighted by Gasteiger charge is -2.38. The Bertz CT molecular complexity index is 358. The van der Waals surface area contributed by atoms with Crippen molar-refractivity contribution in [2.45, 2.75) is 90.0 Å². The topological polar surface area (TPSA) is 18.5 Å². The maximum absolute atomic E-state index is 13.0. The minimum atomic E-state index is -3.35. The van der Waals surface area contributed by atoms with E-state index in [1.54, 1.807) is 0 Å². The molecule has 0 radical (unpaired) electrons. The number of unbranched alkanes of at least 4 members (excludes halogenated alkanes) is 1. The van der Waals surface area contributed by atoms with E-state index in [0.717, 1.165) is 30.6 Å². The Kier molecular flexibility index (Phi) is 5.95. The van der Waals surface area contributed by atoms with Gasteiger partial charge in [-0.2, -0.15) is 0 Å². The molecule has 2 aliphatic carbocycles. The van der Waals surface area contributed by atoms with Crippen molar-refractivity contribution >= 4 is 0 Å². The summed E-state index contributed by atoms with van der Waals surface area (Å²) in [6, 6.07) is 0. The predicted molar refractivity (Wildman–Crippen MR) is 86.2 cm³/mol. The molecule has 1 unspecified atom stereocenters. The number of hydrogen-bond donors (Lipinski definition) is 0. The zero-order chi connectivity index (χ0) is 16.3. The van der Waals surface area contributed by atoms with Crippen molar-refractivity contribution < 1.29 is 18.3 Å². The van der Waals surface area contributed by atoms with Gasteiger partial charge in [-0.1, -0.05) is 39.0 Å². The minimum Gasteiger partial charge on any atom is -0.293 e. The van der Waals surface area contributed by atoms with Crippen LogP contribution in [0.5, 0.6) is 0 Å². The number of rotatable bonds is 5. The highest BCUT2D eigenvalue weighted by Gasteiger charge is 2.46. The molecular weight excluding hydrogens is 298 g/mol. The van der Waals surface area contributed by atoms with Crippen molar-refractivity contribution in [1.29, 1.82) is 0 Å². The smallest absolute Gasteiger partial charge is 0.293 e. The predicted octanol–water partition coefficient (Wildman–Crippen LogP) is 5.76. The molecule has 2 saturated carbocycles. The monoisotopic (exact) mass is 330 g/mol. The highest BCUT2D eigenvalue weighted by atomic mass is 19.3. The highest BCUT2D eigenvalue weighted by Crippen LogP contribution is 2.44. The van der Waals surface area contributed by atoms with Gasteiger partial charge in [0.2, 0.25) is 0 Å². The Morgan fingerprint density at radius 1 is 0.870 bits per heavy atom. The second kappa shape index (κ2) is 7.77. The highest BCUT2D eigenvalue weighted by molar-refractivity contribution is 4.85. The van der Waals surface area contributed by atoms with E-state index in [0.29, 0.717) is 0 Å². The molecule has 1 aliphatic heterocycles. The third-order valence-corrected chi connectivity index (χ3v) is 6.57. The summed E-state index contributed by atoms with van der Waals surface area (Å²) in [6.45, 7) is 2.34. The molecule has 1 atom stereocenters. The lowest BCUT2D eigenvalue weighted by Crippen LogP contribution is -2.32. The van der Waals surface area contributed by atoms with Gasteiger partial charge >= 0.3 is 6.29 Å². The quantitative estimate of drug-likeness (QED) is 0.638. The molecule has 1 heterocycles. The molecule has 3 fully saturated rings. The van der Waals surface area contributed by atoms with Crippen molar-refractivity contribution in [2.75, 3.05) is 6.61 Å². The molecule has 3 aliphatic rings. The third kappa shape index (κ3) is 4.66. The first-order chi connectivity index (χ1) is 11.1. The molecule has 0 aromatic carbocycles. The number of alkyl halides is 2. The molecule has 0 N–H and O–H groups in total. The van der Waals surface area contributed by atoms with Gasteiger partial charge in [0.1, 0.15) is 0 Å². The second-order valence-electron chi connectivity index (χ2n) is 8.03. The van der Waals surface area contributed by atoms with Crippen LogP contribution < -0.4 is 0 Å². The van der Waals surface area contributed by atoms with Crippen LogP contribution in [-0.4, -0.2) is 19.0 Å². The average Bonchev–Trinajstić information content (AvgIpc) is 2.94. The molecule has 134 valence electrons. The van der Waals surface area contributed by atoms with Crippen LogP contribution in [0.1, 0.15) is 77.6 Å². The SMILES string of the molecule is CCCCC1CCC(C2CCC(C3COC(F)(F)O3)CC2)CC1. The summed E-state index contributed by atoms with van der Waals surface area (Å²) in [5.41, 5.74) is 0. The van der Waals surface area contributed by atoms with E-state index >= 15 is 0 Å². The van der Waals surface area contributed by atoms with Gasteiger partial charge in [-0.05, 0) is 62.2 Å². The van der Waals surface area contributed by atoms with Crippen LogP contribution >= 0.6 is 0 Å². The lowest BCUT2D eigenvalue weighted by molar-refractivity contribution is -0.348. The van der Waals surface area contributed by atoms with Crippen LogP contribution in [0.2, 0.25) is 0 Å². The Morgan fingerprint density at radius 2 is 1.43 bits per heavy atom. The lowest BCUT2D eigenvalue weighted by atomic mass is 9.68. The van der Waals surface area contributed by atoms with Gasteiger partial charge in [0.05, 0.1) is 12.7 Å². The van der Waals surface area contributed by atoms with E-state index in [4.69, 9.17) is 4.74 Å². The van der Waals surface area contributed by atoms with Crippen molar-refractivity contribution in [2.24, 2.45) is 23.7 Å². The molecule has 1 saturated heterocycles. The molecular formula is C19H32F2O2. The van der Waals surface area contributed by atoms with Crippen LogP contribution in [0.25, 0.3) is 0 Å². The summed E-state index contributed by atoms with van der Waals surface area (Å²) in [5, 5.41) is 0. The minimum absolute atomic E-state index is 0.0604. The zero-order valence-electron chi connectivity index (χ0n) is 14.4. The van der Waals surface area contributed by atoms with Gasteiger partial charge in [-0.25, -0.2) is 0 Å². The first-order valence-electron chi connectivity index (χ1n) is 9.77. The van der Waals surface area contributed by atoms with E-state index in [2.05, 4.69) is 11.7 Å². The summed E-state index contributed by atoms with van der Waals surface area (Å²) in [7, 11) is 0. The third-order valence-electron chi connectivity index (χ3n) is 6.57.